The quantitative estimate of drug-likeness (QED) is 0.872. The Bertz CT molecular complexity index is 582. The van der Waals surface area contributed by atoms with Crippen molar-refractivity contribution >= 4 is 15.9 Å². The molecule has 0 bridgehead atoms. The fourth-order valence-corrected chi connectivity index (χ4v) is 2.66. The van der Waals surface area contributed by atoms with Gasteiger partial charge >= 0.3 is 0 Å². The van der Waals surface area contributed by atoms with E-state index in [1.807, 2.05) is 42.5 Å². The number of aliphatic hydroxyl groups excluding tert-OH is 2. The molecule has 0 saturated carbocycles. The third kappa shape index (κ3) is 3.60. The van der Waals surface area contributed by atoms with Crippen molar-refractivity contribution in [3.63, 3.8) is 0 Å². The molecule has 0 fully saturated rings. The number of aliphatic hydroxyl groups is 2. The highest BCUT2D eigenvalue weighted by Gasteiger charge is 2.09. The van der Waals surface area contributed by atoms with Crippen LogP contribution in [0.15, 0.2) is 46.9 Å². The van der Waals surface area contributed by atoms with Crippen LogP contribution >= 0.6 is 15.9 Å². The molecule has 20 heavy (non-hydrogen) atoms. The van der Waals surface area contributed by atoms with E-state index >= 15 is 0 Å². The first kappa shape index (κ1) is 15.0. The Labute approximate surface area is 127 Å². The summed E-state index contributed by atoms with van der Waals surface area (Å²) in [6.07, 6.45) is 0.0309. The van der Waals surface area contributed by atoms with E-state index in [2.05, 4.69) is 15.9 Å². The van der Waals surface area contributed by atoms with E-state index in [-0.39, 0.29) is 6.61 Å². The van der Waals surface area contributed by atoms with Gasteiger partial charge in [0.05, 0.1) is 6.10 Å². The molecular weight excluding hydrogens is 320 g/mol. The molecule has 106 valence electrons. The van der Waals surface area contributed by atoms with Crippen molar-refractivity contribution in [2.75, 3.05) is 6.61 Å². The van der Waals surface area contributed by atoms with Crippen molar-refractivity contribution in [2.45, 2.75) is 19.4 Å². The summed E-state index contributed by atoms with van der Waals surface area (Å²) in [5.74, 6) is 1.42. The van der Waals surface area contributed by atoms with Crippen LogP contribution in [0.4, 0.5) is 0 Å². The van der Waals surface area contributed by atoms with Gasteiger partial charge in [0.1, 0.15) is 11.5 Å². The van der Waals surface area contributed by atoms with Gasteiger partial charge in [-0.1, -0.05) is 40.2 Å². The largest absolute Gasteiger partial charge is 0.457 e. The first-order chi connectivity index (χ1) is 9.61. The lowest BCUT2D eigenvalue weighted by Gasteiger charge is -2.13. The van der Waals surface area contributed by atoms with Crippen molar-refractivity contribution in [3.05, 3.63) is 58.1 Å². The molecule has 2 rings (SSSR count). The van der Waals surface area contributed by atoms with E-state index in [1.54, 1.807) is 6.92 Å². The number of ether oxygens (including phenoxy) is 1. The summed E-state index contributed by atoms with van der Waals surface area (Å²) >= 11 is 3.43. The van der Waals surface area contributed by atoms with Crippen LogP contribution in [-0.2, 0) is 6.42 Å². The molecule has 0 radical (unpaired) electrons. The third-order valence-corrected chi connectivity index (χ3v) is 3.69. The van der Waals surface area contributed by atoms with E-state index in [9.17, 15) is 5.11 Å². The Morgan fingerprint density at radius 3 is 2.60 bits per heavy atom. The molecule has 0 aliphatic rings. The second-order valence-electron chi connectivity index (χ2n) is 4.54. The average Bonchev–Trinajstić information content (AvgIpc) is 2.41. The van der Waals surface area contributed by atoms with Gasteiger partial charge in [-0.2, -0.15) is 0 Å². The summed E-state index contributed by atoms with van der Waals surface area (Å²) in [7, 11) is 0. The summed E-state index contributed by atoms with van der Waals surface area (Å²) < 4.78 is 6.66. The predicted molar refractivity (Wildman–Crippen MR) is 82.1 cm³/mol. The second kappa shape index (κ2) is 6.88. The normalized spacial score (nSPS) is 12.2. The number of para-hydroxylation sites is 1. The van der Waals surface area contributed by atoms with Gasteiger partial charge < -0.3 is 14.9 Å². The lowest BCUT2D eigenvalue weighted by molar-refractivity contribution is 0.198. The summed E-state index contributed by atoms with van der Waals surface area (Å²) in [4.78, 5) is 0. The molecule has 0 aliphatic heterocycles. The molecule has 2 aromatic rings. The van der Waals surface area contributed by atoms with Crippen LogP contribution in [0, 0.1) is 0 Å². The van der Waals surface area contributed by atoms with E-state index in [4.69, 9.17) is 9.84 Å². The van der Waals surface area contributed by atoms with Crippen LogP contribution in [0.1, 0.15) is 24.2 Å². The molecule has 0 aromatic heterocycles. The second-order valence-corrected chi connectivity index (χ2v) is 5.40. The highest BCUT2D eigenvalue weighted by molar-refractivity contribution is 9.10. The number of rotatable bonds is 5. The number of halogens is 1. The van der Waals surface area contributed by atoms with Crippen LogP contribution in [-0.4, -0.2) is 16.8 Å². The summed E-state index contributed by atoms with van der Waals surface area (Å²) in [6.45, 7) is 1.81. The third-order valence-electron chi connectivity index (χ3n) is 3.00. The monoisotopic (exact) mass is 336 g/mol. The molecule has 1 atom stereocenters. The maximum absolute atomic E-state index is 9.60. The Balaban J connectivity index is 2.24. The van der Waals surface area contributed by atoms with Gasteiger partial charge in [0, 0.05) is 11.1 Å². The van der Waals surface area contributed by atoms with Crippen molar-refractivity contribution in [1.82, 2.24) is 0 Å². The van der Waals surface area contributed by atoms with E-state index in [1.165, 1.54) is 0 Å². The molecule has 1 unspecified atom stereocenters. The summed E-state index contributed by atoms with van der Waals surface area (Å²) in [5, 5.41) is 18.7. The summed E-state index contributed by atoms with van der Waals surface area (Å²) in [5.41, 5.74) is 1.78. The summed E-state index contributed by atoms with van der Waals surface area (Å²) in [6, 6.07) is 13.1. The smallest absolute Gasteiger partial charge is 0.130 e. The molecular formula is C16H17BrO3. The minimum atomic E-state index is -0.528. The van der Waals surface area contributed by atoms with E-state index in [0.29, 0.717) is 12.2 Å². The molecule has 4 heteroatoms. The molecule has 0 saturated heterocycles. The zero-order valence-corrected chi connectivity index (χ0v) is 12.8. The average molecular weight is 337 g/mol. The van der Waals surface area contributed by atoms with Crippen LogP contribution < -0.4 is 4.74 Å². The Morgan fingerprint density at radius 1 is 1.20 bits per heavy atom. The first-order valence-corrected chi connectivity index (χ1v) is 7.25. The van der Waals surface area contributed by atoms with E-state index in [0.717, 1.165) is 21.3 Å². The Hall–Kier alpha value is -1.36. The minimum Gasteiger partial charge on any atom is -0.457 e. The van der Waals surface area contributed by atoms with Gasteiger partial charge in [-0.05, 0) is 42.7 Å². The van der Waals surface area contributed by atoms with Gasteiger partial charge in [0.15, 0.2) is 0 Å². The van der Waals surface area contributed by atoms with Crippen LogP contribution in [0.25, 0.3) is 0 Å². The Kier molecular flexibility index (Phi) is 5.17. The van der Waals surface area contributed by atoms with Gasteiger partial charge in [-0.3, -0.25) is 0 Å². The number of hydrogen-bond donors (Lipinski definition) is 2. The fourth-order valence-electron chi connectivity index (χ4n) is 1.97. The molecule has 0 aliphatic carbocycles. The Morgan fingerprint density at radius 2 is 1.95 bits per heavy atom. The van der Waals surface area contributed by atoms with Crippen molar-refractivity contribution in [3.8, 4) is 11.5 Å². The molecule has 0 amide bonds. The van der Waals surface area contributed by atoms with Crippen molar-refractivity contribution < 1.29 is 14.9 Å². The molecule has 2 N–H and O–H groups in total. The van der Waals surface area contributed by atoms with Crippen molar-refractivity contribution in [1.29, 1.82) is 0 Å². The van der Waals surface area contributed by atoms with Gasteiger partial charge in [-0.15, -0.1) is 0 Å². The van der Waals surface area contributed by atoms with Crippen LogP contribution in [0.2, 0.25) is 0 Å². The highest BCUT2D eigenvalue weighted by atomic mass is 79.9. The van der Waals surface area contributed by atoms with Crippen LogP contribution in [0.3, 0.4) is 0 Å². The zero-order chi connectivity index (χ0) is 14.5. The molecule has 3 nitrogen and oxygen atoms in total. The lowest BCUT2D eigenvalue weighted by atomic mass is 10.1. The standard InChI is InChI=1S/C16H17BrO3/c1-11(19)14-7-6-13(10-15(14)17)20-16-5-3-2-4-12(16)8-9-18/h2-7,10-11,18-19H,8-9H2,1H3. The molecule has 0 heterocycles. The maximum Gasteiger partial charge on any atom is 0.130 e. The predicted octanol–water partition coefficient (Wildman–Crippen LogP) is 3.83. The van der Waals surface area contributed by atoms with Gasteiger partial charge in [0.25, 0.3) is 0 Å². The first-order valence-electron chi connectivity index (χ1n) is 6.46. The molecule has 2 aromatic carbocycles. The zero-order valence-electron chi connectivity index (χ0n) is 11.2. The van der Waals surface area contributed by atoms with Crippen molar-refractivity contribution in [2.24, 2.45) is 0 Å². The minimum absolute atomic E-state index is 0.0883. The fraction of sp³-hybridized carbons (Fsp3) is 0.250. The SMILES string of the molecule is CC(O)c1ccc(Oc2ccccc2CCO)cc1Br. The lowest BCUT2D eigenvalue weighted by Crippen LogP contribution is -1.96. The topological polar surface area (TPSA) is 49.7 Å². The van der Waals surface area contributed by atoms with Gasteiger partial charge in [-0.25, -0.2) is 0 Å². The van der Waals surface area contributed by atoms with Crippen LogP contribution in [0.5, 0.6) is 11.5 Å². The maximum atomic E-state index is 9.60. The number of hydrogen-bond acceptors (Lipinski definition) is 3. The van der Waals surface area contributed by atoms with E-state index < -0.39 is 6.10 Å². The highest BCUT2D eigenvalue weighted by Crippen LogP contribution is 2.31. The number of benzene rings is 2. The molecule has 0 spiro atoms. The van der Waals surface area contributed by atoms with Gasteiger partial charge in [0.2, 0.25) is 0 Å².